The molecule has 3 N–H and O–H groups in total. The summed E-state index contributed by atoms with van der Waals surface area (Å²) in [5, 5.41) is 4.54. The number of hydrogen-bond donors (Lipinski definition) is 2. The fourth-order valence-electron chi connectivity index (χ4n) is 3.07. The second-order valence-corrected chi connectivity index (χ2v) is 6.65. The van der Waals surface area contributed by atoms with Crippen LogP contribution in [-0.4, -0.2) is 24.9 Å². The van der Waals surface area contributed by atoms with Crippen LogP contribution in [0.15, 0.2) is 42.5 Å². The zero-order chi connectivity index (χ0) is 19.4. The number of nitrogens with two attached hydrogens (primary N) is 1. The number of anilines is 2. The Morgan fingerprint density at radius 2 is 1.93 bits per heavy atom. The largest absolute Gasteiger partial charge is 0.333 e. The fraction of sp³-hybridized carbons (Fsp3) is 0.300. The van der Waals surface area contributed by atoms with Gasteiger partial charge in [-0.25, -0.2) is 8.78 Å². The van der Waals surface area contributed by atoms with Crippen molar-refractivity contribution in [2.24, 2.45) is 0 Å². The van der Waals surface area contributed by atoms with Gasteiger partial charge in [-0.05, 0) is 55.8 Å². The summed E-state index contributed by atoms with van der Waals surface area (Å²) in [6, 6.07) is 10.7. The van der Waals surface area contributed by atoms with Gasteiger partial charge in [-0.3, -0.25) is 9.59 Å². The third-order valence-electron chi connectivity index (χ3n) is 4.66. The van der Waals surface area contributed by atoms with Gasteiger partial charge in [-0.1, -0.05) is 0 Å². The van der Waals surface area contributed by atoms with E-state index in [1.165, 1.54) is 6.07 Å². The van der Waals surface area contributed by atoms with Gasteiger partial charge in [0.25, 0.3) is 5.91 Å². The summed E-state index contributed by atoms with van der Waals surface area (Å²) in [4.78, 5) is 25.6. The SMILES string of the molecule is C[C@H]([NH2+]CC(=O)Nc1ccc(N2CCCC2=O)cc1)c1ccc(F)c(F)c1. The minimum atomic E-state index is -0.895. The summed E-state index contributed by atoms with van der Waals surface area (Å²) in [5.41, 5.74) is 2.08. The van der Waals surface area contributed by atoms with Gasteiger partial charge in [0.2, 0.25) is 5.91 Å². The van der Waals surface area contributed by atoms with Crippen LogP contribution in [0.1, 0.15) is 31.4 Å². The second kappa shape index (κ2) is 8.26. The van der Waals surface area contributed by atoms with E-state index in [0.717, 1.165) is 30.8 Å². The topological polar surface area (TPSA) is 66.0 Å². The summed E-state index contributed by atoms with van der Waals surface area (Å²) in [6.07, 6.45) is 1.44. The summed E-state index contributed by atoms with van der Waals surface area (Å²) in [7, 11) is 0. The van der Waals surface area contributed by atoms with Crippen molar-refractivity contribution >= 4 is 23.2 Å². The van der Waals surface area contributed by atoms with Crippen molar-refractivity contribution in [1.82, 2.24) is 0 Å². The highest BCUT2D eigenvalue weighted by Crippen LogP contribution is 2.23. The Labute approximate surface area is 156 Å². The Kier molecular flexibility index (Phi) is 5.81. The lowest BCUT2D eigenvalue weighted by Gasteiger charge is -2.16. The first-order chi connectivity index (χ1) is 12.9. The molecule has 2 aromatic rings. The standard InChI is InChI=1S/C20H21F2N3O2/c1-13(14-4-9-17(21)18(22)11-14)23-12-19(26)24-15-5-7-16(8-6-15)25-10-2-3-20(25)27/h4-9,11,13,23H,2-3,10,12H2,1H3,(H,24,26)/p+1/t13-/m0/s1. The lowest BCUT2D eigenvalue weighted by molar-refractivity contribution is -0.682. The minimum absolute atomic E-state index is 0.118. The first-order valence-electron chi connectivity index (χ1n) is 8.92. The van der Waals surface area contributed by atoms with Crippen LogP contribution >= 0.6 is 0 Å². The van der Waals surface area contributed by atoms with E-state index in [4.69, 9.17) is 0 Å². The molecule has 5 nitrogen and oxygen atoms in total. The molecule has 1 atom stereocenters. The summed E-state index contributed by atoms with van der Waals surface area (Å²) < 4.78 is 26.3. The van der Waals surface area contributed by atoms with Crippen molar-refractivity contribution in [2.75, 3.05) is 23.3 Å². The highest BCUT2D eigenvalue weighted by molar-refractivity contribution is 5.96. The van der Waals surface area contributed by atoms with Crippen LogP contribution in [0.25, 0.3) is 0 Å². The zero-order valence-corrected chi connectivity index (χ0v) is 15.0. The number of amides is 2. The van der Waals surface area contributed by atoms with Crippen LogP contribution < -0.4 is 15.5 Å². The number of halogens is 2. The fourth-order valence-corrected chi connectivity index (χ4v) is 3.07. The Hall–Kier alpha value is -2.80. The monoisotopic (exact) mass is 374 g/mol. The molecule has 0 aliphatic carbocycles. The van der Waals surface area contributed by atoms with E-state index in [-0.39, 0.29) is 24.4 Å². The molecule has 0 spiro atoms. The quantitative estimate of drug-likeness (QED) is 0.815. The van der Waals surface area contributed by atoms with Crippen LogP contribution in [0.3, 0.4) is 0 Å². The first-order valence-corrected chi connectivity index (χ1v) is 8.92. The van der Waals surface area contributed by atoms with Crippen LogP contribution in [-0.2, 0) is 9.59 Å². The van der Waals surface area contributed by atoms with Gasteiger partial charge in [-0.2, -0.15) is 0 Å². The smallest absolute Gasteiger partial charge is 0.279 e. The van der Waals surface area contributed by atoms with E-state index in [9.17, 15) is 18.4 Å². The van der Waals surface area contributed by atoms with Gasteiger partial charge >= 0.3 is 0 Å². The number of rotatable bonds is 6. The van der Waals surface area contributed by atoms with E-state index < -0.39 is 11.6 Å². The number of carbonyl (C=O) groups is 2. The lowest BCUT2D eigenvalue weighted by Crippen LogP contribution is -2.86. The Morgan fingerprint density at radius 3 is 2.56 bits per heavy atom. The molecule has 2 aromatic carbocycles. The molecule has 27 heavy (non-hydrogen) atoms. The maximum atomic E-state index is 13.3. The van der Waals surface area contributed by atoms with Gasteiger partial charge in [0, 0.05) is 29.9 Å². The van der Waals surface area contributed by atoms with Gasteiger partial charge in [0.15, 0.2) is 18.2 Å². The zero-order valence-electron chi connectivity index (χ0n) is 15.0. The van der Waals surface area contributed by atoms with Crippen molar-refractivity contribution in [3.05, 3.63) is 59.7 Å². The Morgan fingerprint density at radius 1 is 1.19 bits per heavy atom. The number of quaternary nitrogens is 1. The number of nitrogens with zero attached hydrogens (tertiary/aromatic N) is 1. The molecule has 0 aromatic heterocycles. The van der Waals surface area contributed by atoms with Crippen molar-refractivity contribution in [1.29, 1.82) is 0 Å². The molecule has 0 bridgehead atoms. The molecule has 0 saturated carbocycles. The van der Waals surface area contributed by atoms with Crippen LogP contribution in [0, 0.1) is 11.6 Å². The summed E-state index contributed by atoms with van der Waals surface area (Å²) in [5.74, 6) is -1.86. The van der Waals surface area contributed by atoms with Crippen molar-refractivity contribution in [3.63, 3.8) is 0 Å². The van der Waals surface area contributed by atoms with Gasteiger partial charge in [0.05, 0.1) is 0 Å². The molecule has 142 valence electrons. The molecule has 2 amide bonds. The van der Waals surface area contributed by atoms with Crippen molar-refractivity contribution in [3.8, 4) is 0 Å². The number of nitrogens with one attached hydrogen (secondary N) is 1. The predicted molar refractivity (Wildman–Crippen MR) is 98.2 cm³/mol. The Bertz CT molecular complexity index is 840. The third-order valence-corrected chi connectivity index (χ3v) is 4.66. The number of benzene rings is 2. The lowest BCUT2D eigenvalue weighted by atomic mass is 10.1. The molecule has 7 heteroatoms. The van der Waals surface area contributed by atoms with Gasteiger partial charge < -0.3 is 15.5 Å². The average molecular weight is 374 g/mol. The highest BCUT2D eigenvalue weighted by Gasteiger charge is 2.21. The maximum Gasteiger partial charge on any atom is 0.279 e. The number of hydrogen-bond acceptors (Lipinski definition) is 2. The molecule has 1 aliphatic heterocycles. The van der Waals surface area contributed by atoms with E-state index >= 15 is 0 Å². The van der Waals surface area contributed by atoms with E-state index in [1.807, 2.05) is 19.1 Å². The van der Waals surface area contributed by atoms with Gasteiger partial charge in [-0.15, -0.1) is 0 Å². The molecular weight excluding hydrogens is 352 g/mol. The first kappa shape index (κ1) is 19.0. The molecule has 3 rings (SSSR count). The van der Waals surface area contributed by atoms with E-state index in [1.54, 1.807) is 22.3 Å². The van der Waals surface area contributed by atoms with E-state index in [0.29, 0.717) is 17.7 Å². The molecular formula is C20H22F2N3O2+. The normalized spacial score (nSPS) is 15.1. The molecule has 1 heterocycles. The molecule has 1 aliphatic rings. The van der Waals surface area contributed by atoms with Crippen LogP contribution in [0.5, 0.6) is 0 Å². The van der Waals surface area contributed by atoms with Crippen LogP contribution in [0.4, 0.5) is 20.2 Å². The molecule has 1 saturated heterocycles. The van der Waals surface area contributed by atoms with Crippen LogP contribution in [0.2, 0.25) is 0 Å². The minimum Gasteiger partial charge on any atom is -0.333 e. The highest BCUT2D eigenvalue weighted by atomic mass is 19.2. The number of carbonyl (C=O) groups excluding carboxylic acids is 2. The average Bonchev–Trinajstić information content (AvgIpc) is 3.08. The molecule has 1 fully saturated rings. The summed E-state index contributed by atoms with van der Waals surface area (Å²) in [6.45, 7) is 2.69. The van der Waals surface area contributed by atoms with Crippen molar-refractivity contribution < 1.29 is 23.7 Å². The molecule has 0 radical (unpaired) electrons. The van der Waals surface area contributed by atoms with E-state index in [2.05, 4.69) is 5.32 Å². The maximum absolute atomic E-state index is 13.3. The van der Waals surface area contributed by atoms with Gasteiger partial charge in [0.1, 0.15) is 6.04 Å². The van der Waals surface area contributed by atoms with Crippen molar-refractivity contribution in [2.45, 2.75) is 25.8 Å². The Balaban J connectivity index is 1.51. The summed E-state index contributed by atoms with van der Waals surface area (Å²) >= 11 is 0. The predicted octanol–water partition coefficient (Wildman–Crippen LogP) is 2.35. The third kappa shape index (κ3) is 4.68. The molecule has 0 unspecified atom stereocenters. The second-order valence-electron chi connectivity index (χ2n) is 6.65.